The fourth-order valence-electron chi connectivity index (χ4n) is 2.39. The fraction of sp³-hybridized carbons (Fsp3) is 0.250. The molecule has 0 aliphatic carbocycles. The van der Waals surface area contributed by atoms with Crippen molar-refractivity contribution < 1.29 is 12.8 Å². The Labute approximate surface area is 149 Å². The van der Waals surface area contributed by atoms with E-state index in [0.29, 0.717) is 12.8 Å². The van der Waals surface area contributed by atoms with Gasteiger partial charge in [0.05, 0.1) is 15.6 Å². The fourth-order valence-corrected chi connectivity index (χ4v) is 3.73. The van der Waals surface area contributed by atoms with Crippen molar-refractivity contribution in [3.8, 4) is 0 Å². The van der Waals surface area contributed by atoms with Gasteiger partial charge in [0.15, 0.2) is 5.65 Å². The van der Waals surface area contributed by atoms with Crippen LogP contribution >= 0.6 is 11.6 Å². The topological polar surface area (TPSA) is 76.4 Å². The summed E-state index contributed by atoms with van der Waals surface area (Å²) in [5.74, 6) is -0.655. The molecular weight excluding hydrogens is 367 g/mol. The van der Waals surface area contributed by atoms with Crippen molar-refractivity contribution in [1.82, 2.24) is 19.3 Å². The molecule has 3 rings (SSSR count). The molecule has 25 heavy (non-hydrogen) atoms. The van der Waals surface area contributed by atoms with Crippen molar-refractivity contribution in [2.24, 2.45) is 0 Å². The third-order valence-corrected chi connectivity index (χ3v) is 5.37. The minimum atomic E-state index is -3.72. The van der Waals surface area contributed by atoms with Gasteiger partial charge in [0.1, 0.15) is 5.82 Å². The molecule has 0 unspecified atom stereocenters. The van der Waals surface area contributed by atoms with Gasteiger partial charge in [-0.3, -0.25) is 0 Å². The lowest BCUT2D eigenvalue weighted by Crippen LogP contribution is -2.25. The molecule has 0 atom stereocenters. The molecule has 2 aromatic heterocycles. The van der Waals surface area contributed by atoms with E-state index in [2.05, 4.69) is 14.8 Å². The zero-order valence-corrected chi connectivity index (χ0v) is 15.0. The summed E-state index contributed by atoms with van der Waals surface area (Å²) in [4.78, 5) is 4.25. The molecule has 1 aromatic carbocycles. The van der Waals surface area contributed by atoms with Crippen LogP contribution in [0.5, 0.6) is 0 Å². The van der Waals surface area contributed by atoms with Crippen LogP contribution in [-0.2, 0) is 16.4 Å². The normalized spacial score (nSPS) is 12.0. The average molecular weight is 383 g/mol. The van der Waals surface area contributed by atoms with Gasteiger partial charge in [-0.05, 0) is 43.5 Å². The summed E-state index contributed by atoms with van der Waals surface area (Å²) in [5.41, 5.74) is 2.62. The summed E-state index contributed by atoms with van der Waals surface area (Å²) in [6, 6.07) is 5.19. The molecule has 0 saturated heterocycles. The maximum atomic E-state index is 13.1. The molecule has 1 N–H and O–H groups in total. The number of nitrogens with zero attached hydrogens (tertiary/aromatic N) is 3. The molecule has 132 valence electrons. The Bertz CT molecular complexity index is 1020. The van der Waals surface area contributed by atoms with Gasteiger partial charge >= 0.3 is 0 Å². The number of aryl methyl sites for hydroxylation is 2. The number of nitrogens with one attached hydrogen (secondary N) is 1. The SMILES string of the molecule is Cc1cc2ncc(CCCNS(=O)(=O)c3ccc(F)c(Cl)c3)cn2n1. The van der Waals surface area contributed by atoms with E-state index in [1.807, 2.05) is 19.2 Å². The third kappa shape index (κ3) is 4.15. The van der Waals surface area contributed by atoms with E-state index in [0.717, 1.165) is 29.0 Å². The number of rotatable bonds is 6. The molecule has 0 aliphatic heterocycles. The number of aromatic nitrogens is 3. The van der Waals surface area contributed by atoms with Crippen LogP contribution in [0.4, 0.5) is 4.39 Å². The van der Waals surface area contributed by atoms with E-state index in [-0.39, 0.29) is 16.5 Å². The third-order valence-electron chi connectivity index (χ3n) is 3.62. The average Bonchev–Trinajstić information content (AvgIpc) is 2.93. The van der Waals surface area contributed by atoms with Gasteiger partial charge in [-0.25, -0.2) is 27.0 Å². The first-order valence-corrected chi connectivity index (χ1v) is 9.47. The van der Waals surface area contributed by atoms with E-state index in [9.17, 15) is 12.8 Å². The Balaban J connectivity index is 1.58. The van der Waals surface area contributed by atoms with Gasteiger partial charge < -0.3 is 0 Å². The van der Waals surface area contributed by atoms with E-state index >= 15 is 0 Å². The van der Waals surface area contributed by atoms with Crippen LogP contribution in [0.15, 0.2) is 41.6 Å². The molecule has 0 radical (unpaired) electrons. The van der Waals surface area contributed by atoms with Crippen LogP contribution in [0.3, 0.4) is 0 Å². The first kappa shape index (κ1) is 17.8. The Hall–Kier alpha value is -2.03. The summed E-state index contributed by atoms with van der Waals surface area (Å²) >= 11 is 5.63. The van der Waals surface area contributed by atoms with Crippen LogP contribution < -0.4 is 4.72 Å². The molecule has 2 heterocycles. The molecule has 0 amide bonds. The van der Waals surface area contributed by atoms with Crippen LogP contribution in [0.2, 0.25) is 5.02 Å². The molecule has 0 aliphatic rings. The molecule has 0 spiro atoms. The van der Waals surface area contributed by atoms with E-state index in [4.69, 9.17) is 11.6 Å². The second kappa shape index (κ2) is 7.07. The summed E-state index contributed by atoms with van der Waals surface area (Å²) in [7, 11) is -3.72. The molecule has 9 heteroatoms. The number of hydrogen-bond donors (Lipinski definition) is 1. The highest BCUT2D eigenvalue weighted by molar-refractivity contribution is 7.89. The van der Waals surface area contributed by atoms with E-state index < -0.39 is 15.8 Å². The van der Waals surface area contributed by atoms with Gasteiger partial charge in [-0.1, -0.05) is 11.6 Å². The zero-order chi connectivity index (χ0) is 18.0. The Morgan fingerprint density at radius 3 is 2.88 bits per heavy atom. The van der Waals surface area contributed by atoms with Gasteiger partial charge in [0.25, 0.3) is 0 Å². The van der Waals surface area contributed by atoms with Crippen molar-refractivity contribution in [3.05, 3.63) is 58.8 Å². The Kier molecular flexibility index (Phi) is 5.03. The molecular formula is C16H16ClFN4O2S. The Morgan fingerprint density at radius 1 is 1.32 bits per heavy atom. The minimum Gasteiger partial charge on any atom is -0.237 e. The van der Waals surface area contributed by atoms with Crippen molar-refractivity contribution in [3.63, 3.8) is 0 Å². The number of fused-ring (bicyclic) bond motifs is 1. The Morgan fingerprint density at radius 2 is 2.12 bits per heavy atom. The van der Waals surface area contributed by atoms with Gasteiger partial charge in [-0.2, -0.15) is 5.10 Å². The summed E-state index contributed by atoms with van der Waals surface area (Å²) in [5, 5.41) is 4.07. The quantitative estimate of drug-likeness (QED) is 0.665. The standard InChI is InChI=1S/C16H16ClFN4O2S/c1-11-7-16-19-9-12(10-22(16)21-11)3-2-6-20-25(23,24)13-4-5-15(18)14(17)8-13/h4-5,7-10,20H,2-3,6H2,1H3. The summed E-state index contributed by atoms with van der Waals surface area (Å²) < 4.78 is 41.7. The predicted octanol–water partition coefficient (Wildman–Crippen LogP) is 2.74. The zero-order valence-electron chi connectivity index (χ0n) is 13.4. The molecule has 0 saturated carbocycles. The van der Waals surface area contributed by atoms with Crippen LogP contribution in [0.25, 0.3) is 5.65 Å². The molecule has 3 aromatic rings. The number of benzene rings is 1. The first-order valence-electron chi connectivity index (χ1n) is 7.61. The highest BCUT2D eigenvalue weighted by Gasteiger charge is 2.15. The van der Waals surface area contributed by atoms with Gasteiger partial charge in [0.2, 0.25) is 10.0 Å². The summed E-state index contributed by atoms with van der Waals surface area (Å²) in [6.07, 6.45) is 4.87. The monoisotopic (exact) mass is 382 g/mol. The maximum absolute atomic E-state index is 13.1. The first-order chi connectivity index (χ1) is 11.8. The number of hydrogen-bond acceptors (Lipinski definition) is 4. The second-order valence-electron chi connectivity index (χ2n) is 5.63. The largest absolute Gasteiger partial charge is 0.240 e. The van der Waals surface area contributed by atoms with E-state index in [1.54, 1.807) is 10.7 Å². The summed E-state index contributed by atoms with van der Waals surface area (Å²) in [6.45, 7) is 2.14. The lowest BCUT2D eigenvalue weighted by atomic mass is 10.2. The lowest BCUT2D eigenvalue weighted by molar-refractivity contribution is 0.578. The second-order valence-corrected chi connectivity index (χ2v) is 7.80. The minimum absolute atomic E-state index is 0.0611. The van der Waals surface area contributed by atoms with Gasteiger partial charge in [0, 0.05) is 25.0 Å². The highest BCUT2D eigenvalue weighted by Crippen LogP contribution is 2.19. The van der Waals surface area contributed by atoms with Crippen molar-refractivity contribution in [2.75, 3.05) is 6.54 Å². The van der Waals surface area contributed by atoms with Crippen molar-refractivity contribution in [1.29, 1.82) is 0 Å². The molecule has 0 bridgehead atoms. The maximum Gasteiger partial charge on any atom is 0.240 e. The predicted molar refractivity (Wildman–Crippen MR) is 92.6 cm³/mol. The van der Waals surface area contributed by atoms with Gasteiger partial charge in [-0.15, -0.1) is 0 Å². The van der Waals surface area contributed by atoms with Crippen molar-refractivity contribution >= 4 is 27.3 Å². The lowest BCUT2D eigenvalue weighted by Gasteiger charge is -2.07. The van der Waals surface area contributed by atoms with Crippen LogP contribution in [0, 0.1) is 12.7 Å². The highest BCUT2D eigenvalue weighted by atomic mass is 35.5. The van der Waals surface area contributed by atoms with Crippen LogP contribution in [0.1, 0.15) is 17.7 Å². The van der Waals surface area contributed by atoms with Crippen LogP contribution in [-0.4, -0.2) is 29.6 Å². The number of sulfonamides is 1. The van der Waals surface area contributed by atoms with E-state index in [1.165, 1.54) is 6.07 Å². The smallest absolute Gasteiger partial charge is 0.237 e. The van der Waals surface area contributed by atoms with Crippen molar-refractivity contribution in [2.45, 2.75) is 24.7 Å². The molecule has 6 nitrogen and oxygen atoms in total. The number of halogens is 2. The molecule has 0 fully saturated rings.